The van der Waals surface area contributed by atoms with Crippen molar-refractivity contribution < 1.29 is 5.11 Å². The van der Waals surface area contributed by atoms with Gasteiger partial charge in [-0.2, -0.15) is 0 Å². The number of benzene rings is 2. The number of aromatic nitrogens is 2. The minimum absolute atomic E-state index is 0.0825. The van der Waals surface area contributed by atoms with Gasteiger partial charge in [-0.25, -0.2) is 4.98 Å². The maximum Gasteiger partial charge on any atom is 0.258 e. The maximum atomic E-state index is 12.3. The molecular formula is C23H28N4O2. The zero-order valence-corrected chi connectivity index (χ0v) is 17.1. The van der Waals surface area contributed by atoms with Gasteiger partial charge in [0.05, 0.1) is 23.6 Å². The van der Waals surface area contributed by atoms with E-state index in [1.54, 1.807) is 6.07 Å². The number of aliphatic hydroxyl groups is 1. The van der Waals surface area contributed by atoms with Crippen LogP contribution in [0.2, 0.25) is 0 Å². The first kappa shape index (κ1) is 19.8. The van der Waals surface area contributed by atoms with Crippen molar-refractivity contribution in [3.05, 3.63) is 75.3 Å². The van der Waals surface area contributed by atoms with Crippen molar-refractivity contribution in [2.75, 3.05) is 32.7 Å². The minimum atomic E-state index is -0.472. The van der Waals surface area contributed by atoms with Crippen LogP contribution in [0.1, 0.15) is 28.6 Å². The lowest BCUT2D eigenvalue weighted by Crippen LogP contribution is -2.47. The lowest BCUT2D eigenvalue weighted by Gasteiger charge is -2.35. The number of aryl methyl sites for hydroxylation is 2. The normalized spacial score (nSPS) is 16.9. The summed E-state index contributed by atoms with van der Waals surface area (Å²) in [6, 6.07) is 13.7. The summed E-state index contributed by atoms with van der Waals surface area (Å²) in [4.78, 5) is 24.4. The Morgan fingerprint density at radius 3 is 2.59 bits per heavy atom. The number of nitrogens with zero attached hydrogens (tertiary/aromatic N) is 3. The van der Waals surface area contributed by atoms with Crippen molar-refractivity contribution in [2.45, 2.75) is 26.5 Å². The zero-order valence-electron chi connectivity index (χ0n) is 17.1. The molecule has 3 aromatic rings. The lowest BCUT2D eigenvalue weighted by molar-refractivity contribution is 0.0689. The number of β-amino-alcohol motifs (C(OH)–C–C–N with tert-alkyl or cyclic N) is 1. The van der Waals surface area contributed by atoms with Crippen LogP contribution in [0.25, 0.3) is 10.9 Å². The SMILES string of the molecule is Cc1ccc(C)c(C(O)CN2CCN(Cc3nc4ccccc4c(=O)[nH]3)CC2)c1. The highest BCUT2D eigenvalue weighted by Crippen LogP contribution is 2.21. The molecule has 2 heterocycles. The molecule has 0 spiro atoms. The molecule has 1 aromatic heterocycles. The molecule has 0 saturated carbocycles. The summed E-state index contributed by atoms with van der Waals surface area (Å²) < 4.78 is 0. The summed E-state index contributed by atoms with van der Waals surface area (Å²) in [5, 5.41) is 11.3. The molecule has 0 bridgehead atoms. The molecule has 1 atom stereocenters. The zero-order chi connectivity index (χ0) is 20.4. The Bertz CT molecular complexity index is 1050. The van der Waals surface area contributed by atoms with Crippen molar-refractivity contribution in [2.24, 2.45) is 0 Å². The highest BCUT2D eigenvalue weighted by Gasteiger charge is 2.21. The first-order chi connectivity index (χ1) is 14.0. The van der Waals surface area contributed by atoms with Gasteiger partial charge < -0.3 is 10.1 Å². The van der Waals surface area contributed by atoms with Crippen LogP contribution in [0.5, 0.6) is 0 Å². The van der Waals surface area contributed by atoms with Crippen LogP contribution in [-0.4, -0.2) is 57.6 Å². The Hall–Kier alpha value is -2.54. The summed E-state index contributed by atoms with van der Waals surface area (Å²) in [6.45, 7) is 8.93. The third-order valence-corrected chi connectivity index (χ3v) is 5.73. The monoisotopic (exact) mass is 392 g/mol. The third kappa shape index (κ3) is 4.56. The molecule has 1 saturated heterocycles. The second kappa shape index (κ2) is 8.45. The van der Waals surface area contributed by atoms with Gasteiger partial charge in [0.15, 0.2) is 0 Å². The number of H-pyrrole nitrogens is 1. The van der Waals surface area contributed by atoms with E-state index in [2.05, 4.69) is 44.9 Å². The van der Waals surface area contributed by atoms with E-state index in [9.17, 15) is 9.90 Å². The largest absolute Gasteiger partial charge is 0.387 e. The smallest absolute Gasteiger partial charge is 0.258 e. The molecule has 1 aliphatic heterocycles. The molecule has 6 nitrogen and oxygen atoms in total. The number of para-hydroxylation sites is 1. The van der Waals surface area contributed by atoms with Crippen molar-refractivity contribution in [1.82, 2.24) is 19.8 Å². The molecule has 2 N–H and O–H groups in total. The quantitative estimate of drug-likeness (QED) is 0.698. The summed E-state index contributed by atoms with van der Waals surface area (Å²) >= 11 is 0. The fourth-order valence-electron chi connectivity index (χ4n) is 4.01. The van der Waals surface area contributed by atoms with Crippen molar-refractivity contribution in [3.8, 4) is 0 Å². The van der Waals surface area contributed by atoms with E-state index < -0.39 is 6.10 Å². The average Bonchev–Trinajstić information content (AvgIpc) is 2.71. The second-order valence-corrected chi connectivity index (χ2v) is 7.98. The Kier molecular flexibility index (Phi) is 5.76. The van der Waals surface area contributed by atoms with Crippen molar-refractivity contribution in [1.29, 1.82) is 0 Å². The number of aromatic amines is 1. The van der Waals surface area contributed by atoms with Gasteiger partial charge in [-0.15, -0.1) is 0 Å². The highest BCUT2D eigenvalue weighted by atomic mass is 16.3. The third-order valence-electron chi connectivity index (χ3n) is 5.73. The number of hydrogen-bond acceptors (Lipinski definition) is 5. The first-order valence-corrected chi connectivity index (χ1v) is 10.2. The van der Waals surface area contributed by atoms with Crippen LogP contribution in [0.3, 0.4) is 0 Å². The molecule has 152 valence electrons. The molecule has 1 unspecified atom stereocenters. The summed E-state index contributed by atoms with van der Waals surface area (Å²) in [7, 11) is 0. The highest BCUT2D eigenvalue weighted by molar-refractivity contribution is 5.77. The topological polar surface area (TPSA) is 72.5 Å². The number of piperazine rings is 1. The minimum Gasteiger partial charge on any atom is -0.387 e. The van der Waals surface area contributed by atoms with Gasteiger partial charge >= 0.3 is 0 Å². The number of nitrogens with one attached hydrogen (secondary N) is 1. The molecule has 6 heteroatoms. The van der Waals surface area contributed by atoms with Crippen LogP contribution < -0.4 is 5.56 Å². The molecular weight excluding hydrogens is 364 g/mol. The van der Waals surface area contributed by atoms with Crippen LogP contribution in [0.15, 0.2) is 47.3 Å². The Morgan fingerprint density at radius 2 is 1.79 bits per heavy atom. The Balaban J connectivity index is 1.35. The van der Waals surface area contributed by atoms with Crippen LogP contribution in [0.4, 0.5) is 0 Å². The average molecular weight is 393 g/mol. The number of aliphatic hydroxyl groups excluding tert-OH is 1. The molecule has 1 fully saturated rings. The molecule has 29 heavy (non-hydrogen) atoms. The standard InChI is InChI=1S/C23H28N4O2/c1-16-7-8-17(2)19(13-16)21(28)14-26-9-11-27(12-10-26)15-22-24-20-6-4-3-5-18(20)23(29)25-22/h3-8,13,21,28H,9-12,14-15H2,1-2H3,(H,24,25,29). The van der Waals surface area contributed by atoms with Crippen LogP contribution in [-0.2, 0) is 6.54 Å². The Labute approximate surface area is 170 Å². The van der Waals surface area contributed by atoms with Gasteiger partial charge in [-0.05, 0) is 37.1 Å². The van der Waals surface area contributed by atoms with Gasteiger partial charge in [-0.1, -0.05) is 35.9 Å². The lowest BCUT2D eigenvalue weighted by atomic mass is 10.0. The van der Waals surface area contributed by atoms with Gasteiger partial charge in [0.25, 0.3) is 5.56 Å². The number of hydrogen-bond donors (Lipinski definition) is 2. The van der Waals surface area contributed by atoms with E-state index >= 15 is 0 Å². The summed E-state index contributed by atoms with van der Waals surface area (Å²) in [5.74, 6) is 0.706. The number of fused-ring (bicyclic) bond motifs is 1. The predicted octanol–water partition coefficient (Wildman–Crippen LogP) is 2.39. The fraction of sp³-hybridized carbons (Fsp3) is 0.391. The summed E-state index contributed by atoms with van der Waals surface area (Å²) in [5.41, 5.74) is 3.98. The van der Waals surface area contributed by atoms with Crippen LogP contribution in [0, 0.1) is 13.8 Å². The molecule has 0 amide bonds. The van der Waals surface area contributed by atoms with Gasteiger partial charge in [0.1, 0.15) is 5.82 Å². The number of rotatable bonds is 5. The molecule has 0 radical (unpaired) electrons. The Morgan fingerprint density at radius 1 is 1.07 bits per heavy atom. The van der Waals surface area contributed by atoms with E-state index in [1.807, 2.05) is 25.1 Å². The maximum absolute atomic E-state index is 12.3. The van der Waals surface area contributed by atoms with E-state index in [-0.39, 0.29) is 5.56 Å². The van der Waals surface area contributed by atoms with E-state index in [4.69, 9.17) is 0 Å². The molecule has 4 rings (SSSR count). The van der Waals surface area contributed by atoms with E-state index in [1.165, 1.54) is 5.56 Å². The van der Waals surface area contributed by atoms with Crippen molar-refractivity contribution >= 4 is 10.9 Å². The van der Waals surface area contributed by atoms with E-state index in [0.717, 1.165) is 42.8 Å². The molecule has 0 aliphatic carbocycles. The second-order valence-electron chi connectivity index (χ2n) is 7.98. The van der Waals surface area contributed by atoms with Crippen LogP contribution >= 0.6 is 0 Å². The summed E-state index contributed by atoms with van der Waals surface area (Å²) in [6.07, 6.45) is -0.472. The molecule has 1 aliphatic rings. The fourth-order valence-corrected chi connectivity index (χ4v) is 4.01. The predicted molar refractivity (Wildman–Crippen MR) is 115 cm³/mol. The van der Waals surface area contributed by atoms with Gasteiger partial charge in [-0.3, -0.25) is 14.6 Å². The van der Waals surface area contributed by atoms with Crippen molar-refractivity contribution in [3.63, 3.8) is 0 Å². The van der Waals surface area contributed by atoms with Gasteiger partial charge in [0.2, 0.25) is 0 Å². The van der Waals surface area contributed by atoms with E-state index in [0.29, 0.717) is 24.3 Å². The van der Waals surface area contributed by atoms with Gasteiger partial charge in [0, 0.05) is 32.7 Å². The first-order valence-electron chi connectivity index (χ1n) is 10.2. The molecule has 2 aromatic carbocycles.